The first kappa shape index (κ1) is 13.1. The minimum absolute atomic E-state index is 0.0945. The van der Waals surface area contributed by atoms with Gasteiger partial charge < -0.3 is 9.84 Å². The van der Waals surface area contributed by atoms with E-state index in [9.17, 15) is 13.9 Å². The van der Waals surface area contributed by atoms with Crippen LogP contribution in [0.3, 0.4) is 0 Å². The number of ether oxygens (including phenoxy) is 1. The molecule has 4 heteroatoms. The van der Waals surface area contributed by atoms with Gasteiger partial charge in [0.25, 0.3) is 0 Å². The fourth-order valence-corrected chi connectivity index (χ4v) is 1.52. The molecule has 0 aromatic heterocycles. The van der Waals surface area contributed by atoms with Gasteiger partial charge in [-0.2, -0.15) is 0 Å². The van der Waals surface area contributed by atoms with E-state index < -0.39 is 17.7 Å². The summed E-state index contributed by atoms with van der Waals surface area (Å²) in [5.74, 6) is -1.77. The average Bonchev–Trinajstić information content (AvgIpc) is 2.24. The third kappa shape index (κ3) is 3.54. The maximum Gasteiger partial charge on any atom is 0.162 e. The highest BCUT2D eigenvalue weighted by Gasteiger charge is 2.14. The van der Waals surface area contributed by atoms with Crippen LogP contribution in [0.2, 0.25) is 0 Å². The predicted molar refractivity (Wildman–Crippen MR) is 57.2 cm³/mol. The summed E-state index contributed by atoms with van der Waals surface area (Å²) in [7, 11) is 1.54. The first-order valence-electron chi connectivity index (χ1n) is 5.18. The summed E-state index contributed by atoms with van der Waals surface area (Å²) in [6.07, 6.45) is -0.345. The van der Waals surface area contributed by atoms with Gasteiger partial charge in [-0.1, -0.05) is 12.1 Å². The maximum absolute atomic E-state index is 13.3. The summed E-state index contributed by atoms with van der Waals surface area (Å²) < 4.78 is 31.1. The van der Waals surface area contributed by atoms with E-state index in [1.165, 1.54) is 12.1 Å². The summed E-state index contributed by atoms with van der Waals surface area (Å²) in [6.45, 7) is 1.81. The average molecular weight is 230 g/mol. The number of aliphatic hydroxyl groups is 1. The molecule has 0 heterocycles. The molecular weight excluding hydrogens is 214 g/mol. The van der Waals surface area contributed by atoms with Gasteiger partial charge in [-0.25, -0.2) is 8.78 Å². The van der Waals surface area contributed by atoms with E-state index in [1.54, 1.807) is 7.11 Å². The summed E-state index contributed by atoms with van der Waals surface area (Å²) in [4.78, 5) is 0. The Morgan fingerprint density at radius 1 is 1.38 bits per heavy atom. The van der Waals surface area contributed by atoms with Crippen molar-refractivity contribution in [3.63, 3.8) is 0 Å². The Hall–Kier alpha value is -1.00. The van der Waals surface area contributed by atoms with Crippen molar-refractivity contribution < 1.29 is 18.6 Å². The molecule has 2 nitrogen and oxygen atoms in total. The molecule has 0 aliphatic rings. The van der Waals surface area contributed by atoms with Gasteiger partial charge >= 0.3 is 0 Å². The monoisotopic (exact) mass is 230 g/mol. The quantitative estimate of drug-likeness (QED) is 0.841. The van der Waals surface area contributed by atoms with Crippen LogP contribution in [-0.4, -0.2) is 24.4 Å². The van der Waals surface area contributed by atoms with Crippen LogP contribution in [0.25, 0.3) is 0 Å². The zero-order chi connectivity index (χ0) is 12.1. The molecule has 0 saturated heterocycles. The molecule has 2 unspecified atom stereocenters. The second-order valence-electron chi connectivity index (χ2n) is 3.85. The van der Waals surface area contributed by atoms with Crippen LogP contribution in [0.1, 0.15) is 18.9 Å². The van der Waals surface area contributed by atoms with Crippen LogP contribution in [0.5, 0.6) is 0 Å². The van der Waals surface area contributed by atoms with Crippen molar-refractivity contribution >= 4 is 0 Å². The van der Waals surface area contributed by atoms with E-state index in [4.69, 9.17) is 4.74 Å². The van der Waals surface area contributed by atoms with E-state index in [2.05, 4.69) is 0 Å². The molecule has 0 amide bonds. The van der Waals surface area contributed by atoms with Crippen molar-refractivity contribution in [2.24, 2.45) is 0 Å². The van der Waals surface area contributed by atoms with E-state index in [0.717, 1.165) is 6.07 Å². The number of hydrogen-bond acceptors (Lipinski definition) is 2. The predicted octanol–water partition coefficient (Wildman–Crippen LogP) is 2.29. The van der Waals surface area contributed by atoms with Gasteiger partial charge in [-0.15, -0.1) is 0 Å². The molecule has 1 rings (SSSR count). The van der Waals surface area contributed by atoms with E-state index in [1.807, 2.05) is 6.92 Å². The van der Waals surface area contributed by atoms with Crippen LogP contribution >= 0.6 is 0 Å². The lowest BCUT2D eigenvalue weighted by atomic mass is 10.0. The number of methoxy groups -OCH3 is 1. The van der Waals surface area contributed by atoms with Crippen molar-refractivity contribution in [1.82, 2.24) is 0 Å². The zero-order valence-corrected chi connectivity index (χ0v) is 9.41. The van der Waals surface area contributed by atoms with Gasteiger partial charge in [0.15, 0.2) is 11.6 Å². The molecule has 0 aliphatic carbocycles. The Labute approximate surface area is 93.9 Å². The molecule has 90 valence electrons. The van der Waals surface area contributed by atoms with Gasteiger partial charge in [-0.05, 0) is 25.0 Å². The van der Waals surface area contributed by atoms with Crippen molar-refractivity contribution in [2.75, 3.05) is 7.11 Å². The molecular formula is C12H16F2O2. The highest BCUT2D eigenvalue weighted by atomic mass is 19.2. The molecule has 2 atom stereocenters. The fourth-order valence-electron chi connectivity index (χ4n) is 1.52. The Morgan fingerprint density at radius 3 is 2.69 bits per heavy atom. The molecule has 0 spiro atoms. The molecule has 0 aliphatic heterocycles. The van der Waals surface area contributed by atoms with Gasteiger partial charge in [0.1, 0.15) is 0 Å². The van der Waals surface area contributed by atoms with Crippen molar-refractivity contribution in [2.45, 2.75) is 32.0 Å². The number of rotatable bonds is 5. The van der Waals surface area contributed by atoms with E-state index in [-0.39, 0.29) is 18.1 Å². The SMILES string of the molecule is COC(C)CC(O)Cc1cccc(F)c1F. The Kier molecular flexibility index (Phi) is 4.83. The molecule has 1 aromatic carbocycles. The van der Waals surface area contributed by atoms with Gasteiger partial charge in [0.2, 0.25) is 0 Å². The van der Waals surface area contributed by atoms with Crippen LogP contribution in [0.4, 0.5) is 8.78 Å². The summed E-state index contributed by atoms with van der Waals surface area (Å²) in [6, 6.07) is 3.96. The van der Waals surface area contributed by atoms with Gasteiger partial charge in [0.05, 0.1) is 12.2 Å². The third-order valence-corrected chi connectivity index (χ3v) is 2.49. The van der Waals surface area contributed by atoms with Crippen LogP contribution < -0.4 is 0 Å². The Bertz CT molecular complexity index is 342. The summed E-state index contributed by atoms with van der Waals surface area (Å²) >= 11 is 0. The largest absolute Gasteiger partial charge is 0.393 e. The molecule has 0 saturated carbocycles. The van der Waals surface area contributed by atoms with Crippen molar-refractivity contribution in [3.05, 3.63) is 35.4 Å². The molecule has 0 fully saturated rings. The third-order valence-electron chi connectivity index (χ3n) is 2.49. The van der Waals surface area contributed by atoms with Gasteiger partial charge in [0, 0.05) is 13.5 Å². The first-order chi connectivity index (χ1) is 7.54. The topological polar surface area (TPSA) is 29.5 Å². The summed E-state index contributed by atoms with van der Waals surface area (Å²) in [5.41, 5.74) is 0.191. The normalized spacial score (nSPS) is 14.8. The zero-order valence-electron chi connectivity index (χ0n) is 9.41. The highest BCUT2D eigenvalue weighted by molar-refractivity contribution is 5.19. The van der Waals surface area contributed by atoms with Crippen LogP contribution in [0.15, 0.2) is 18.2 Å². The molecule has 16 heavy (non-hydrogen) atoms. The molecule has 0 bridgehead atoms. The number of hydrogen-bond donors (Lipinski definition) is 1. The number of halogens is 2. The lowest BCUT2D eigenvalue weighted by Gasteiger charge is -2.15. The van der Waals surface area contributed by atoms with Crippen LogP contribution in [-0.2, 0) is 11.2 Å². The highest BCUT2D eigenvalue weighted by Crippen LogP contribution is 2.15. The minimum Gasteiger partial charge on any atom is -0.393 e. The standard InChI is InChI=1S/C12H16F2O2/c1-8(16-2)6-10(15)7-9-4-3-5-11(13)12(9)14/h3-5,8,10,15H,6-7H2,1-2H3. The Balaban J connectivity index is 2.62. The van der Waals surface area contributed by atoms with E-state index >= 15 is 0 Å². The second-order valence-corrected chi connectivity index (χ2v) is 3.85. The minimum atomic E-state index is -0.885. The fraction of sp³-hybridized carbons (Fsp3) is 0.500. The lowest BCUT2D eigenvalue weighted by molar-refractivity contribution is 0.0561. The van der Waals surface area contributed by atoms with E-state index in [0.29, 0.717) is 6.42 Å². The number of benzene rings is 1. The van der Waals surface area contributed by atoms with Crippen molar-refractivity contribution in [1.29, 1.82) is 0 Å². The van der Waals surface area contributed by atoms with Crippen molar-refractivity contribution in [3.8, 4) is 0 Å². The molecule has 1 N–H and O–H groups in total. The second kappa shape index (κ2) is 5.92. The first-order valence-corrected chi connectivity index (χ1v) is 5.18. The number of aliphatic hydroxyl groups excluding tert-OH is 1. The molecule has 1 aromatic rings. The maximum atomic E-state index is 13.3. The smallest absolute Gasteiger partial charge is 0.162 e. The molecule has 0 radical (unpaired) electrons. The lowest BCUT2D eigenvalue weighted by Crippen LogP contribution is -2.19. The Morgan fingerprint density at radius 2 is 2.06 bits per heavy atom. The van der Waals surface area contributed by atoms with Gasteiger partial charge in [-0.3, -0.25) is 0 Å². The van der Waals surface area contributed by atoms with Crippen LogP contribution in [0, 0.1) is 11.6 Å². The summed E-state index contributed by atoms with van der Waals surface area (Å²) in [5, 5.41) is 9.65.